The molecule has 6 heteroatoms. The molecular weight excluding hydrogens is 232 g/mol. The smallest absolute Gasteiger partial charge is 0.231 e. The Bertz CT molecular complexity index is 300. The number of amidine groups is 1. The SMILES string of the molecule is CCC(C(=O)NC(C)CN1CCCC1)C(N)=NO. The molecular formula is C12H24N4O2. The van der Waals surface area contributed by atoms with E-state index in [1.807, 2.05) is 13.8 Å². The summed E-state index contributed by atoms with van der Waals surface area (Å²) < 4.78 is 0. The van der Waals surface area contributed by atoms with Gasteiger partial charge in [0.05, 0.1) is 5.92 Å². The molecule has 0 spiro atoms. The molecule has 0 radical (unpaired) electrons. The first-order valence-electron chi connectivity index (χ1n) is 6.58. The molecule has 1 aliphatic heterocycles. The van der Waals surface area contributed by atoms with Crippen LogP contribution in [-0.4, -0.2) is 47.5 Å². The first kappa shape index (κ1) is 14.8. The lowest BCUT2D eigenvalue weighted by Gasteiger charge is -2.23. The number of amides is 1. The van der Waals surface area contributed by atoms with Gasteiger partial charge in [0.1, 0.15) is 0 Å². The number of nitrogens with zero attached hydrogens (tertiary/aromatic N) is 2. The van der Waals surface area contributed by atoms with Crippen LogP contribution in [0.15, 0.2) is 5.16 Å². The lowest BCUT2D eigenvalue weighted by atomic mass is 10.0. The number of carbonyl (C=O) groups is 1. The minimum Gasteiger partial charge on any atom is -0.409 e. The van der Waals surface area contributed by atoms with Gasteiger partial charge in [0.15, 0.2) is 5.84 Å². The van der Waals surface area contributed by atoms with Crippen molar-refractivity contribution in [1.29, 1.82) is 0 Å². The highest BCUT2D eigenvalue weighted by atomic mass is 16.4. The van der Waals surface area contributed by atoms with Crippen LogP contribution < -0.4 is 11.1 Å². The van der Waals surface area contributed by atoms with E-state index in [0.29, 0.717) is 6.42 Å². The predicted octanol–water partition coefficient (Wildman–Crippen LogP) is 0.360. The zero-order valence-corrected chi connectivity index (χ0v) is 11.2. The van der Waals surface area contributed by atoms with E-state index in [9.17, 15) is 4.79 Å². The molecule has 0 aliphatic carbocycles. The van der Waals surface area contributed by atoms with Crippen molar-refractivity contribution >= 4 is 11.7 Å². The topological polar surface area (TPSA) is 91.0 Å². The summed E-state index contributed by atoms with van der Waals surface area (Å²) in [6.07, 6.45) is 3.00. The van der Waals surface area contributed by atoms with Crippen molar-refractivity contribution in [2.24, 2.45) is 16.8 Å². The minimum absolute atomic E-state index is 0.0247. The Kier molecular flexibility index (Phi) is 5.91. The molecule has 0 aromatic carbocycles. The van der Waals surface area contributed by atoms with Gasteiger partial charge in [-0.1, -0.05) is 12.1 Å². The molecule has 0 aromatic rings. The van der Waals surface area contributed by atoms with Crippen LogP contribution in [0.1, 0.15) is 33.1 Å². The highest BCUT2D eigenvalue weighted by Gasteiger charge is 2.23. The monoisotopic (exact) mass is 256 g/mol. The summed E-state index contributed by atoms with van der Waals surface area (Å²) in [4.78, 5) is 14.3. The maximum atomic E-state index is 12.0. The second kappa shape index (κ2) is 7.20. The fourth-order valence-corrected chi connectivity index (χ4v) is 2.34. The van der Waals surface area contributed by atoms with E-state index >= 15 is 0 Å². The Labute approximate surface area is 108 Å². The molecule has 1 fully saturated rings. The van der Waals surface area contributed by atoms with Crippen LogP contribution in [0.25, 0.3) is 0 Å². The van der Waals surface area contributed by atoms with Crippen LogP contribution in [-0.2, 0) is 4.79 Å². The van der Waals surface area contributed by atoms with Crippen molar-refractivity contribution in [3.8, 4) is 0 Å². The lowest BCUT2D eigenvalue weighted by Crippen LogP contribution is -2.46. The zero-order valence-electron chi connectivity index (χ0n) is 11.2. The number of nitrogens with one attached hydrogen (secondary N) is 1. The number of likely N-dealkylation sites (tertiary alicyclic amines) is 1. The molecule has 18 heavy (non-hydrogen) atoms. The van der Waals surface area contributed by atoms with E-state index in [1.54, 1.807) is 0 Å². The Morgan fingerprint density at radius 1 is 1.50 bits per heavy atom. The molecule has 1 aliphatic rings. The Morgan fingerprint density at radius 2 is 2.11 bits per heavy atom. The van der Waals surface area contributed by atoms with Crippen molar-refractivity contribution in [1.82, 2.24) is 10.2 Å². The van der Waals surface area contributed by atoms with Gasteiger partial charge >= 0.3 is 0 Å². The lowest BCUT2D eigenvalue weighted by molar-refractivity contribution is -0.123. The van der Waals surface area contributed by atoms with Crippen LogP contribution in [0, 0.1) is 5.92 Å². The summed E-state index contributed by atoms with van der Waals surface area (Å²) in [6.45, 7) is 6.90. The summed E-state index contributed by atoms with van der Waals surface area (Å²) >= 11 is 0. The third-order valence-corrected chi connectivity index (χ3v) is 3.32. The Hall–Kier alpha value is -1.30. The number of carbonyl (C=O) groups excluding carboxylic acids is 1. The maximum Gasteiger partial charge on any atom is 0.231 e. The van der Waals surface area contributed by atoms with Crippen LogP contribution in [0.3, 0.4) is 0 Å². The molecule has 2 unspecified atom stereocenters. The number of hydrogen-bond acceptors (Lipinski definition) is 4. The van der Waals surface area contributed by atoms with Gasteiger partial charge in [0, 0.05) is 12.6 Å². The van der Waals surface area contributed by atoms with Crippen molar-refractivity contribution in [3.05, 3.63) is 0 Å². The van der Waals surface area contributed by atoms with Gasteiger partial charge in [-0.3, -0.25) is 4.79 Å². The van der Waals surface area contributed by atoms with E-state index in [-0.39, 0.29) is 17.8 Å². The average Bonchev–Trinajstić information content (AvgIpc) is 2.82. The van der Waals surface area contributed by atoms with Crippen LogP contribution >= 0.6 is 0 Å². The van der Waals surface area contributed by atoms with Gasteiger partial charge in [0.2, 0.25) is 5.91 Å². The summed E-state index contributed by atoms with van der Waals surface area (Å²) in [7, 11) is 0. The van der Waals surface area contributed by atoms with Crippen molar-refractivity contribution in [2.75, 3.05) is 19.6 Å². The summed E-state index contributed by atoms with van der Waals surface area (Å²) in [5.74, 6) is -0.737. The number of hydrogen-bond donors (Lipinski definition) is 3. The fourth-order valence-electron chi connectivity index (χ4n) is 2.34. The molecule has 0 aromatic heterocycles. The van der Waals surface area contributed by atoms with Gasteiger partial charge in [-0.15, -0.1) is 0 Å². The van der Waals surface area contributed by atoms with E-state index in [1.165, 1.54) is 12.8 Å². The fraction of sp³-hybridized carbons (Fsp3) is 0.833. The summed E-state index contributed by atoms with van der Waals surface area (Å²) in [6, 6.07) is 0.0798. The summed E-state index contributed by atoms with van der Waals surface area (Å²) in [5, 5.41) is 14.5. The maximum absolute atomic E-state index is 12.0. The third kappa shape index (κ3) is 4.18. The standard InChI is InChI=1S/C12H24N4O2/c1-3-10(11(13)15-18)12(17)14-9(2)8-16-6-4-5-7-16/h9-10,18H,3-8H2,1-2H3,(H2,13,15)(H,14,17). The molecule has 1 heterocycles. The average molecular weight is 256 g/mol. The largest absolute Gasteiger partial charge is 0.409 e. The van der Waals surface area contributed by atoms with E-state index in [2.05, 4.69) is 15.4 Å². The van der Waals surface area contributed by atoms with Gasteiger partial charge in [-0.25, -0.2) is 0 Å². The van der Waals surface area contributed by atoms with Crippen molar-refractivity contribution in [3.63, 3.8) is 0 Å². The van der Waals surface area contributed by atoms with E-state index in [0.717, 1.165) is 19.6 Å². The molecule has 0 saturated carbocycles. The second-order valence-corrected chi connectivity index (χ2v) is 4.90. The van der Waals surface area contributed by atoms with Crippen molar-refractivity contribution < 1.29 is 10.0 Å². The van der Waals surface area contributed by atoms with Crippen molar-refractivity contribution in [2.45, 2.75) is 39.2 Å². The first-order chi connectivity index (χ1) is 8.58. The Morgan fingerprint density at radius 3 is 2.61 bits per heavy atom. The molecule has 1 amide bonds. The second-order valence-electron chi connectivity index (χ2n) is 4.90. The van der Waals surface area contributed by atoms with Gasteiger partial charge < -0.3 is 21.2 Å². The predicted molar refractivity (Wildman–Crippen MR) is 70.5 cm³/mol. The van der Waals surface area contributed by atoms with Gasteiger partial charge in [0.25, 0.3) is 0 Å². The van der Waals surface area contributed by atoms with Crippen LogP contribution in [0.2, 0.25) is 0 Å². The number of nitrogens with two attached hydrogens (primary N) is 1. The number of rotatable bonds is 6. The van der Waals surface area contributed by atoms with E-state index in [4.69, 9.17) is 10.9 Å². The highest BCUT2D eigenvalue weighted by Crippen LogP contribution is 2.08. The molecule has 0 bridgehead atoms. The number of oxime groups is 1. The molecule has 4 N–H and O–H groups in total. The molecule has 1 saturated heterocycles. The van der Waals surface area contributed by atoms with E-state index < -0.39 is 5.92 Å². The quantitative estimate of drug-likeness (QED) is 0.277. The molecule has 1 rings (SSSR count). The summed E-state index contributed by atoms with van der Waals surface area (Å²) in [5.41, 5.74) is 5.50. The van der Waals surface area contributed by atoms with Gasteiger partial charge in [-0.05, 0) is 39.3 Å². The van der Waals surface area contributed by atoms with Crippen LogP contribution in [0.5, 0.6) is 0 Å². The molecule has 2 atom stereocenters. The van der Waals surface area contributed by atoms with Gasteiger partial charge in [-0.2, -0.15) is 0 Å². The van der Waals surface area contributed by atoms with Crippen LogP contribution in [0.4, 0.5) is 0 Å². The zero-order chi connectivity index (χ0) is 13.5. The highest BCUT2D eigenvalue weighted by molar-refractivity contribution is 6.02. The normalized spacial score (nSPS) is 20.7. The minimum atomic E-state index is -0.545. The Balaban J connectivity index is 2.41. The molecule has 104 valence electrons. The molecule has 6 nitrogen and oxygen atoms in total. The third-order valence-electron chi connectivity index (χ3n) is 3.32. The first-order valence-corrected chi connectivity index (χ1v) is 6.58.